The molecule has 220 valence electrons. The number of Topliss-reactive ketones (excluding diaryl/α,β-unsaturated/α-hetero) is 1. The van der Waals surface area contributed by atoms with Crippen LogP contribution in [0.25, 0.3) is 0 Å². The van der Waals surface area contributed by atoms with Gasteiger partial charge >= 0.3 is 0 Å². The van der Waals surface area contributed by atoms with E-state index >= 15 is 0 Å². The van der Waals surface area contributed by atoms with E-state index in [2.05, 4.69) is 30.6 Å². The summed E-state index contributed by atoms with van der Waals surface area (Å²) in [5.41, 5.74) is 7.87. The number of benzene rings is 1. The number of ketones is 1. The van der Waals surface area contributed by atoms with E-state index in [9.17, 15) is 4.79 Å². The number of carbonyl (C=O) groups excluding carboxylic acids is 1. The topological polar surface area (TPSA) is 72.8 Å². The summed E-state index contributed by atoms with van der Waals surface area (Å²) in [7, 11) is 0. The Morgan fingerprint density at radius 2 is 1.49 bits per heavy atom. The normalized spacial score (nSPS) is 14.8. The Morgan fingerprint density at radius 3 is 2.03 bits per heavy atom. The van der Waals surface area contributed by atoms with E-state index in [4.69, 9.17) is 10.3 Å². The fourth-order valence-electron chi connectivity index (χ4n) is 4.89. The monoisotopic (exact) mass is 540 g/mol. The Balaban J connectivity index is 0.000000367. The largest absolute Gasteiger partial charge is 0.396 e. The SMILES string of the molecule is C=C(CCCCC(=O)c1ccc(CC)cc1)NO.CC.OCCCCC1=CC=C(CCCN2CCCC2)CC1. The standard InChI is InChI=1S/C17H29NO.C15H21NO2.C2H6/c19-15-4-1-6-16-8-10-17(11-9-16)7-5-14-18-12-2-3-13-18;1-3-13-8-10-14(11-9-13)15(17)7-5-4-6-12(2)16-18;1-2/h8,10,19H,1-7,9,11-15H2;8-11,16,18H,2-7H2,1H3;1-2H3. The predicted molar refractivity (Wildman–Crippen MR) is 165 cm³/mol. The van der Waals surface area contributed by atoms with Gasteiger partial charge in [-0.2, -0.15) is 0 Å². The van der Waals surface area contributed by atoms with Gasteiger partial charge in [0.15, 0.2) is 5.78 Å². The zero-order valence-corrected chi connectivity index (χ0v) is 25.1. The summed E-state index contributed by atoms with van der Waals surface area (Å²) < 4.78 is 0. The summed E-state index contributed by atoms with van der Waals surface area (Å²) in [6, 6.07) is 7.81. The molecule has 3 N–H and O–H groups in total. The fourth-order valence-corrected chi connectivity index (χ4v) is 4.89. The molecule has 1 aliphatic carbocycles. The van der Waals surface area contributed by atoms with E-state index in [1.165, 1.54) is 70.1 Å². The number of aliphatic hydroxyl groups is 1. The quantitative estimate of drug-likeness (QED) is 0.112. The van der Waals surface area contributed by atoms with Crippen molar-refractivity contribution in [3.05, 3.63) is 71.0 Å². The van der Waals surface area contributed by atoms with Gasteiger partial charge < -0.3 is 10.0 Å². The van der Waals surface area contributed by atoms with Gasteiger partial charge in [0.05, 0.1) is 0 Å². The zero-order valence-electron chi connectivity index (χ0n) is 25.1. The molecule has 39 heavy (non-hydrogen) atoms. The lowest BCUT2D eigenvalue weighted by atomic mass is 9.92. The highest BCUT2D eigenvalue weighted by molar-refractivity contribution is 5.96. The van der Waals surface area contributed by atoms with Crippen LogP contribution in [-0.4, -0.2) is 47.2 Å². The Bertz CT molecular complexity index is 852. The number of nitrogens with zero attached hydrogens (tertiary/aromatic N) is 1. The summed E-state index contributed by atoms with van der Waals surface area (Å²) >= 11 is 0. The third kappa shape index (κ3) is 15.8. The van der Waals surface area contributed by atoms with Crippen LogP contribution in [-0.2, 0) is 6.42 Å². The molecule has 1 aromatic carbocycles. The molecular formula is C34H56N2O3. The molecule has 1 heterocycles. The molecule has 0 spiro atoms. The first kappa shape index (κ1) is 34.8. The minimum Gasteiger partial charge on any atom is -0.396 e. The average molecular weight is 541 g/mol. The summed E-state index contributed by atoms with van der Waals surface area (Å²) in [6.07, 6.45) is 19.8. The Labute approximate surface area is 239 Å². The third-order valence-electron chi connectivity index (χ3n) is 7.37. The number of hydrogen-bond acceptors (Lipinski definition) is 5. The van der Waals surface area contributed by atoms with Crippen LogP contribution in [0.5, 0.6) is 0 Å². The third-order valence-corrected chi connectivity index (χ3v) is 7.37. The number of hydrogen-bond donors (Lipinski definition) is 3. The minimum atomic E-state index is 0.181. The predicted octanol–water partition coefficient (Wildman–Crippen LogP) is 8.18. The first-order valence-electron chi connectivity index (χ1n) is 15.5. The molecular weight excluding hydrogens is 484 g/mol. The molecule has 1 aromatic rings. The van der Waals surface area contributed by atoms with Gasteiger partial charge in [0.2, 0.25) is 0 Å². The molecule has 5 nitrogen and oxygen atoms in total. The highest BCUT2D eigenvalue weighted by Crippen LogP contribution is 2.25. The number of aliphatic hydroxyl groups excluding tert-OH is 1. The van der Waals surface area contributed by atoms with E-state index in [-0.39, 0.29) is 5.78 Å². The number of allylic oxidation sites excluding steroid dienone is 5. The van der Waals surface area contributed by atoms with Crippen molar-refractivity contribution in [2.45, 2.75) is 111 Å². The summed E-state index contributed by atoms with van der Waals surface area (Å²) in [5, 5.41) is 17.3. The van der Waals surface area contributed by atoms with Crippen LogP contribution in [0.2, 0.25) is 0 Å². The Kier molecular flexibility index (Phi) is 20.2. The summed E-state index contributed by atoms with van der Waals surface area (Å²) in [5.74, 6) is 0.181. The van der Waals surface area contributed by atoms with Gasteiger partial charge in [0.25, 0.3) is 0 Å². The van der Waals surface area contributed by atoms with E-state index in [0.29, 0.717) is 25.1 Å². The molecule has 0 radical (unpaired) electrons. The number of nitrogens with one attached hydrogen (secondary N) is 1. The Morgan fingerprint density at radius 1 is 0.897 bits per heavy atom. The molecule has 2 aliphatic rings. The van der Waals surface area contributed by atoms with Gasteiger partial charge in [-0.25, -0.2) is 0 Å². The van der Waals surface area contributed by atoms with Crippen LogP contribution in [0.15, 0.2) is 59.8 Å². The summed E-state index contributed by atoms with van der Waals surface area (Å²) in [6.45, 7) is 14.0. The summed E-state index contributed by atoms with van der Waals surface area (Å²) in [4.78, 5) is 14.5. The van der Waals surface area contributed by atoms with Crippen molar-refractivity contribution in [1.29, 1.82) is 0 Å². The van der Waals surface area contributed by atoms with Crippen molar-refractivity contribution in [2.24, 2.45) is 0 Å². The van der Waals surface area contributed by atoms with Gasteiger partial charge in [-0.1, -0.05) is 74.9 Å². The molecule has 0 atom stereocenters. The van der Waals surface area contributed by atoms with Gasteiger partial charge in [-0.15, -0.1) is 0 Å². The van der Waals surface area contributed by atoms with Crippen LogP contribution >= 0.6 is 0 Å². The lowest BCUT2D eigenvalue weighted by Crippen LogP contribution is -2.20. The van der Waals surface area contributed by atoms with Crippen LogP contribution in [0.3, 0.4) is 0 Å². The fraction of sp³-hybridized carbons (Fsp3) is 0.618. The van der Waals surface area contributed by atoms with Crippen LogP contribution in [0.4, 0.5) is 0 Å². The first-order valence-corrected chi connectivity index (χ1v) is 15.5. The first-order chi connectivity index (χ1) is 19.0. The van der Waals surface area contributed by atoms with Gasteiger partial charge in [-0.05, 0) is 109 Å². The number of rotatable bonds is 16. The van der Waals surface area contributed by atoms with E-state index in [1.54, 1.807) is 11.1 Å². The highest BCUT2D eigenvalue weighted by atomic mass is 16.5. The van der Waals surface area contributed by atoms with Crippen molar-refractivity contribution in [3.63, 3.8) is 0 Å². The van der Waals surface area contributed by atoms with Crippen LogP contribution in [0, 0.1) is 0 Å². The van der Waals surface area contributed by atoms with E-state index in [0.717, 1.165) is 37.7 Å². The van der Waals surface area contributed by atoms with Crippen molar-refractivity contribution in [3.8, 4) is 0 Å². The number of carbonyl (C=O) groups is 1. The maximum Gasteiger partial charge on any atom is 0.162 e. The molecule has 0 bridgehead atoms. The molecule has 1 saturated heterocycles. The van der Waals surface area contributed by atoms with Crippen molar-refractivity contribution >= 4 is 5.78 Å². The molecule has 0 aromatic heterocycles. The van der Waals surface area contributed by atoms with Crippen LogP contribution in [0.1, 0.15) is 120 Å². The second kappa shape index (κ2) is 22.6. The molecule has 1 fully saturated rings. The molecule has 5 heteroatoms. The van der Waals surface area contributed by atoms with Crippen molar-refractivity contribution in [2.75, 3.05) is 26.2 Å². The maximum absolute atomic E-state index is 11.9. The minimum absolute atomic E-state index is 0.181. The number of likely N-dealkylation sites (tertiary alicyclic amines) is 1. The lowest BCUT2D eigenvalue weighted by Gasteiger charge is -2.17. The molecule has 1 aliphatic heterocycles. The smallest absolute Gasteiger partial charge is 0.162 e. The van der Waals surface area contributed by atoms with Crippen LogP contribution < -0.4 is 5.48 Å². The second-order valence-electron chi connectivity index (χ2n) is 10.4. The molecule has 0 amide bonds. The van der Waals surface area contributed by atoms with Gasteiger partial charge in [0, 0.05) is 24.3 Å². The highest BCUT2D eigenvalue weighted by Gasteiger charge is 2.12. The number of aryl methyl sites for hydroxylation is 1. The van der Waals surface area contributed by atoms with E-state index in [1.807, 2.05) is 43.6 Å². The van der Waals surface area contributed by atoms with Crippen molar-refractivity contribution < 1.29 is 15.1 Å². The maximum atomic E-state index is 11.9. The zero-order chi connectivity index (χ0) is 28.7. The lowest BCUT2D eigenvalue weighted by molar-refractivity contribution is 0.0979. The Hall–Kier alpha value is -2.21. The molecule has 3 rings (SSSR count). The average Bonchev–Trinajstić information content (AvgIpc) is 3.51. The number of unbranched alkanes of at least 4 members (excludes halogenated alkanes) is 2. The van der Waals surface area contributed by atoms with E-state index < -0.39 is 0 Å². The molecule has 0 unspecified atom stereocenters. The van der Waals surface area contributed by atoms with Crippen molar-refractivity contribution in [1.82, 2.24) is 10.4 Å². The molecule has 0 saturated carbocycles. The van der Waals surface area contributed by atoms with Gasteiger partial charge in [0.1, 0.15) is 0 Å². The van der Waals surface area contributed by atoms with Gasteiger partial charge in [-0.3, -0.25) is 15.5 Å². The second-order valence-corrected chi connectivity index (χ2v) is 10.4. The number of hydroxylamine groups is 1.